The highest BCUT2D eigenvalue weighted by molar-refractivity contribution is 6.43. The minimum Gasteiger partial charge on any atom is -0.355 e. The van der Waals surface area contributed by atoms with Crippen LogP contribution in [0.4, 0.5) is 5.82 Å². The van der Waals surface area contributed by atoms with Gasteiger partial charge in [0.25, 0.3) is 5.91 Å². The monoisotopic (exact) mass is 483 g/mol. The molecule has 2 N–H and O–H groups in total. The fraction of sp³-hybridized carbons (Fsp3) is 0.429. The summed E-state index contributed by atoms with van der Waals surface area (Å²) in [5.41, 5.74) is 10.7. The molecule has 5 heterocycles. The van der Waals surface area contributed by atoms with Gasteiger partial charge in [0.2, 0.25) is 0 Å². The van der Waals surface area contributed by atoms with E-state index in [-0.39, 0.29) is 23.9 Å². The first-order valence-electron chi connectivity index (χ1n) is 13.0. The smallest absolute Gasteiger partial charge is 0.272 e. The Morgan fingerprint density at radius 2 is 1.97 bits per heavy atom. The molecule has 2 fully saturated rings. The Labute approximate surface area is 211 Å². The van der Waals surface area contributed by atoms with Crippen LogP contribution in [0.1, 0.15) is 54.5 Å². The number of rotatable bonds is 4. The van der Waals surface area contributed by atoms with E-state index in [1.54, 1.807) is 0 Å². The summed E-state index contributed by atoms with van der Waals surface area (Å²) in [6.07, 6.45) is 10.00. The fourth-order valence-corrected chi connectivity index (χ4v) is 5.68. The number of fused-ring (bicyclic) bond motifs is 1. The van der Waals surface area contributed by atoms with Crippen LogP contribution < -0.4 is 10.6 Å². The molecule has 0 bridgehead atoms. The molecule has 3 atom stereocenters. The van der Waals surface area contributed by atoms with E-state index < -0.39 is 0 Å². The van der Waals surface area contributed by atoms with Crippen LogP contribution in [0.25, 0.3) is 5.65 Å². The molecule has 3 aliphatic heterocycles. The van der Waals surface area contributed by atoms with E-state index in [1.165, 1.54) is 5.56 Å². The Morgan fingerprint density at radius 3 is 2.72 bits per heavy atom. The molecule has 0 aliphatic carbocycles. The number of nitrogens with zero attached hydrogens (tertiary/aromatic N) is 6. The van der Waals surface area contributed by atoms with Gasteiger partial charge in [-0.3, -0.25) is 9.79 Å². The van der Waals surface area contributed by atoms with E-state index in [9.17, 15) is 4.79 Å². The van der Waals surface area contributed by atoms with Crippen molar-refractivity contribution in [2.75, 3.05) is 31.1 Å². The Hall–Kier alpha value is -3.52. The number of hydrogen-bond donors (Lipinski definition) is 1. The maximum absolute atomic E-state index is 13.6. The van der Waals surface area contributed by atoms with E-state index in [0.29, 0.717) is 12.3 Å². The zero-order valence-electron chi connectivity index (χ0n) is 20.8. The van der Waals surface area contributed by atoms with Crippen molar-refractivity contribution in [2.24, 2.45) is 10.7 Å². The first kappa shape index (κ1) is 22.9. The number of aliphatic imine (C=N–C) groups is 1. The molecular formula is C28H33N7O. The summed E-state index contributed by atoms with van der Waals surface area (Å²) in [6.45, 7) is 5.14. The number of amides is 1. The van der Waals surface area contributed by atoms with Crippen LogP contribution in [0.2, 0.25) is 0 Å². The average molecular weight is 484 g/mol. The normalized spacial score (nSPS) is 24.4. The van der Waals surface area contributed by atoms with Gasteiger partial charge in [-0.1, -0.05) is 36.4 Å². The van der Waals surface area contributed by atoms with Gasteiger partial charge in [-0.25, -0.2) is 9.50 Å². The van der Waals surface area contributed by atoms with Crippen molar-refractivity contribution in [3.8, 4) is 0 Å². The second-order valence-electron chi connectivity index (χ2n) is 10.2. The molecule has 1 aromatic carbocycles. The zero-order chi connectivity index (χ0) is 24.6. The molecule has 3 aromatic rings. The van der Waals surface area contributed by atoms with E-state index in [1.807, 2.05) is 46.0 Å². The number of carbonyl (C=O) groups excluding carboxylic acids is 1. The van der Waals surface area contributed by atoms with Gasteiger partial charge in [-0.15, -0.1) is 0 Å². The van der Waals surface area contributed by atoms with Crippen molar-refractivity contribution < 1.29 is 4.79 Å². The number of dihydropyridines is 1. The van der Waals surface area contributed by atoms with Crippen molar-refractivity contribution in [3.63, 3.8) is 0 Å². The molecule has 1 amide bonds. The molecule has 8 heteroatoms. The average Bonchev–Trinajstić information content (AvgIpc) is 3.54. The van der Waals surface area contributed by atoms with Gasteiger partial charge in [0.05, 0.1) is 18.3 Å². The van der Waals surface area contributed by atoms with Crippen molar-refractivity contribution in [3.05, 3.63) is 71.6 Å². The van der Waals surface area contributed by atoms with Crippen molar-refractivity contribution in [2.45, 2.75) is 50.6 Å². The minimum atomic E-state index is -0.0696. The summed E-state index contributed by atoms with van der Waals surface area (Å²) < 4.78 is 1.85. The molecule has 2 saturated heterocycles. The van der Waals surface area contributed by atoms with Crippen LogP contribution in [0.15, 0.2) is 59.7 Å². The van der Waals surface area contributed by atoms with Crippen LogP contribution >= 0.6 is 0 Å². The van der Waals surface area contributed by atoms with E-state index >= 15 is 0 Å². The van der Waals surface area contributed by atoms with Gasteiger partial charge in [0.15, 0.2) is 5.65 Å². The lowest BCUT2D eigenvalue weighted by atomic mass is 9.95. The van der Waals surface area contributed by atoms with Gasteiger partial charge in [-0.2, -0.15) is 5.10 Å². The Balaban J connectivity index is 1.23. The van der Waals surface area contributed by atoms with Crippen LogP contribution in [0.5, 0.6) is 0 Å². The molecule has 6 rings (SSSR count). The third kappa shape index (κ3) is 4.30. The Kier molecular flexibility index (Phi) is 6.05. The largest absolute Gasteiger partial charge is 0.355 e. The maximum atomic E-state index is 13.6. The second kappa shape index (κ2) is 9.50. The first-order chi connectivity index (χ1) is 17.6. The SMILES string of the molecule is Cc1cn2nc([C@@H]3CCCCN3C(=O)C3=NCC(c4ccccc4)C=C3)cc2nc1N1CC[C@H](N)C1. The number of hydrogen-bond acceptors (Lipinski definition) is 6. The molecule has 0 saturated carbocycles. The highest BCUT2D eigenvalue weighted by Gasteiger charge is 2.33. The third-order valence-corrected chi connectivity index (χ3v) is 7.64. The fourth-order valence-electron chi connectivity index (χ4n) is 5.68. The molecule has 0 spiro atoms. The van der Waals surface area contributed by atoms with Gasteiger partial charge in [0, 0.05) is 49.4 Å². The van der Waals surface area contributed by atoms with Gasteiger partial charge < -0.3 is 15.5 Å². The topological polar surface area (TPSA) is 92.1 Å². The number of carbonyl (C=O) groups is 1. The quantitative estimate of drug-likeness (QED) is 0.614. The summed E-state index contributed by atoms with van der Waals surface area (Å²) in [7, 11) is 0. The number of anilines is 1. The molecule has 1 unspecified atom stereocenters. The van der Waals surface area contributed by atoms with Gasteiger partial charge >= 0.3 is 0 Å². The number of likely N-dealkylation sites (tertiary alicyclic amines) is 1. The highest BCUT2D eigenvalue weighted by atomic mass is 16.2. The van der Waals surface area contributed by atoms with E-state index in [2.05, 4.69) is 30.0 Å². The summed E-state index contributed by atoms with van der Waals surface area (Å²) in [5.74, 6) is 1.19. The number of nitrogens with two attached hydrogens (primary N) is 1. The molecule has 0 radical (unpaired) electrons. The highest BCUT2D eigenvalue weighted by Crippen LogP contribution is 2.32. The number of aryl methyl sites for hydroxylation is 1. The van der Waals surface area contributed by atoms with Crippen molar-refractivity contribution in [1.29, 1.82) is 0 Å². The summed E-state index contributed by atoms with van der Waals surface area (Å²) in [5, 5.41) is 4.87. The Bertz CT molecular complexity index is 1330. The van der Waals surface area contributed by atoms with Crippen LogP contribution in [-0.2, 0) is 4.79 Å². The third-order valence-electron chi connectivity index (χ3n) is 7.64. The number of benzene rings is 1. The molecule has 3 aliphatic rings. The summed E-state index contributed by atoms with van der Waals surface area (Å²) in [4.78, 5) is 27.4. The predicted octanol–water partition coefficient (Wildman–Crippen LogP) is 3.42. The lowest BCUT2D eigenvalue weighted by Gasteiger charge is -2.35. The Morgan fingerprint density at radius 1 is 1.11 bits per heavy atom. The molecular weight excluding hydrogens is 450 g/mol. The predicted molar refractivity (Wildman–Crippen MR) is 141 cm³/mol. The molecule has 2 aromatic heterocycles. The standard InChI is InChI=1S/C28H33N7O/c1-19-17-35-26(31-27(19)33-14-12-22(29)18-33)15-24(32-35)25-9-5-6-13-34(25)28(36)23-11-10-21(16-30-23)20-7-3-2-4-8-20/h2-4,7-8,10-11,15,17,21-22,25H,5-6,9,12-14,16,18,29H2,1H3/t21?,22-,25-/m0/s1. The number of piperidine rings is 1. The minimum absolute atomic E-state index is 0.00426. The van der Waals surface area contributed by atoms with E-state index in [0.717, 1.165) is 68.0 Å². The molecule has 8 nitrogen and oxygen atoms in total. The summed E-state index contributed by atoms with van der Waals surface area (Å²) in [6, 6.07) is 12.5. The maximum Gasteiger partial charge on any atom is 0.272 e. The number of aromatic nitrogens is 3. The van der Waals surface area contributed by atoms with Crippen molar-refractivity contribution >= 4 is 23.1 Å². The first-order valence-corrected chi connectivity index (χ1v) is 13.0. The van der Waals surface area contributed by atoms with Gasteiger partial charge in [-0.05, 0) is 44.2 Å². The second-order valence-corrected chi connectivity index (χ2v) is 10.2. The lowest BCUT2D eigenvalue weighted by molar-refractivity contribution is -0.127. The molecule has 186 valence electrons. The van der Waals surface area contributed by atoms with Gasteiger partial charge in [0.1, 0.15) is 11.5 Å². The van der Waals surface area contributed by atoms with Crippen molar-refractivity contribution in [1.82, 2.24) is 19.5 Å². The summed E-state index contributed by atoms with van der Waals surface area (Å²) >= 11 is 0. The van der Waals surface area contributed by atoms with Crippen LogP contribution in [0.3, 0.4) is 0 Å². The molecule has 36 heavy (non-hydrogen) atoms. The lowest BCUT2D eigenvalue weighted by Crippen LogP contribution is -2.42. The zero-order valence-corrected chi connectivity index (χ0v) is 20.8. The van der Waals surface area contributed by atoms with E-state index in [4.69, 9.17) is 20.8 Å². The van der Waals surface area contributed by atoms with Crippen LogP contribution in [-0.4, -0.2) is 63.3 Å². The van der Waals surface area contributed by atoms with Crippen LogP contribution in [0, 0.1) is 6.92 Å².